The second-order valence-corrected chi connectivity index (χ2v) is 6.27. The Kier molecular flexibility index (Phi) is 4.33. The molecule has 0 amide bonds. The van der Waals surface area contributed by atoms with Crippen LogP contribution in [0.25, 0.3) is 10.8 Å². The molecule has 19 heavy (non-hydrogen) atoms. The Bertz CT molecular complexity index is 626. The van der Waals surface area contributed by atoms with Crippen LogP contribution in [-0.2, 0) is 0 Å². The van der Waals surface area contributed by atoms with Crippen molar-refractivity contribution in [3.63, 3.8) is 0 Å². The molecule has 2 aromatic heterocycles. The van der Waals surface area contributed by atoms with Crippen molar-refractivity contribution >= 4 is 22.1 Å². The molecule has 0 fully saturated rings. The molecule has 1 aromatic carbocycles. The molecule has 0 atom stereocenters. The molecule has 98 valence electrons. The molecular weight excluding hydrogens is 250 g/mol. The first-order valence-corrected chi connectivity index (χ1v) is 7.22. The fourth-order valence-corrected chi connectivity index (χ4v) is 2.82. The minimum absolute atomic E-state index is 1.26. The van der Waals surface area contributed by atoms with Crippen LogP contribution in [0.1, 0.15) is 20.9 Å². The van der Waals surface area contributed by atoms with Gasteiger partial charge in [0.2, 0.25) is 0 Å². The number of hydrogen-bond donors (Lipinski definition) is 0. The van der Waals surface area contributed by atoms with Crippen LogP contribution in [0.2, 0.25) is 0 Å². The molecule has 0 saturated carbocycles. The van der Waals surface area contributed by atoms with Gasteiger partial charge in [-0.05, 0) is 62.4 Å². The fourth-order valence-electron chi connectivity index (χ4n) is 2.04. The normalized spacial score (nSPS) is 10.1. The summed E-state index contributed by atoms with van der Waals surface area (Å²) in [5, 5.41) is 2.57. The molecule has 0 aliphatic rings. The zero-order valence-corrected chi connectivity index (χ0v) is 12.7. The number of hydrogen-bond acceptors (Lipinski definition) is 2. The van der Waals surface area contributed by atoms with E-state index in [4.69, 9.17) is 0 Å². The second kappa shape index (κ2) is 5.98. The highest BCUT2D eigenvalue weighted by atomic mass is 32.1. The summed E-state index contributed by atoms with van der Waals surface area (Å²) in [6.45, 7) is 8.49. The zero-order valence-electron chi connectivity index (χ0n) is 11.9. The average molecular weight is 269 g/mol. The fraction of sp³-hybridized carbons (Fsp3) is 0.235. The van der Waals surface area contributed by atoms with Gasteiger partial charge >= 0.3 is 0 Å². The van der Waals surface area contributed by atoms with Gasteiger partial charge in [0.05, 0.1) is 0 Å². The van der Waals surface area contributed by atoms with Crippen molar-refractivity contribution in [3.8, 4) is 0 Å². The van der Waals surface area contributed by atoms with Crippen LogP contribution < -0.4 is 0 Å². The van der Waals surface area contributed by atoms with Crippen LogP contribution in [0, 0.1) is 27.7 Å². The van der Waals surface area contributed by atoms with E-state index in [0.29, 0.717) is 0 Å². The number of rotatable bonds is 0. The Morgan fingerprint density at radius 1 is 0.737 bits per heavy atom. The van der Waals surface area contributed by atoms with Crippen molar-refractivity contribution in [2.75, 3.05) is 0 Å². The third-order valence-corrected chi connectivity index (χ3v) is 4.04. The second-order valence-electron chi connectivity index (χ2n) is 4.78. The number of fused-ring (bicyclic) bond motifs is 1. The van der Waals surface area contributed by atoms with Crippen molar-refractivity contribution in [2.24, 2.45) is 0 Å². The van der Waals surface area contributed by atoms with E-state index in [1.54, 1.807) is 0 Å². The maximum atomic E-state index is 4.11. The van der Waals surface area contributed by atoms with Crippen molar-refractivity contribution < 1.29 is 0 Å². The van der Waals surface area contributed by atoms with Gasteiger partial charge < -0.3 is 0 Å². The standard InChI is InChI=1S/C11H11N.C6H8S/c1-8-3-4-9(2)11-7-12-6-5-10(8)11;1-5-3-4-6(2)7-5/h3-7H,1-2H3;3-4H,1-2H3. The van der Waals surface area contributed by atoms with Crippen molar-refractivity contribution in [2.45, 2.75) is 27.7 Å². The van der Waals surface area contributed by atoms with E-state index < -0.39 is 0 Å². The Hall–Kier alpha value is -1.67. The van der Waals surface area contributed by atoms with Gasteiger partial charge in [0.25, 0.3) is 0 Å². The van der Waals surface area contributed by atoms with E-state index in [2.05, 4.69) is 63.0 Å². The molecule has 0 aliphatic carbocycles. The van der Waals surface area contributed by atoms with Crippen LogP contribution in [0.4, 0.5) is 0 Å². The lowest BCUT2D eigenvalue weighted by Gasteiger charge is -2.03. The van der Waals surface area contributed by atoms with Gasteiger partial charge in [-0.3, -0.25) is 4.98 Å². The molecule has 3 aromatic rings. The Labute approximate surface area is 118 Å². The molecule has 0 aliphatic heterocycles. The quantitative estimate of drug-likeness (QED) is 0.545. The summed E-state index contributed by atoms with van der Waals surface area (Å²) in [6, 6.07) is 10.6. The molecule has 0 radical (unpaired) electrons. The molecule has 2 heteroatoms. The minimum Gasteiger partial charge on any atom is -0.264 e. The summed E-state index contributed by atoms with van der Waals surface area (Å²) >= 11 is 1.84. The number of benzene rings is 1. The molecular formula is C17H19NS. The van der Waals surface area contributed by atoms with Gasteiger partial charge in [-0.1, -0.05) is 12.1 Å². The average Bonchev–Trinajstić information content (AvgIpc) is 2.79. The summed E-state index contributed by atoms with van der Waals surface area (Å²) in [7, 11) is 0. The van der Waals surface area contributed by atoms with Crippen LogP contribution in [0.15, 0.2) is 42.7 Å². The summed E-state index contributed by atoms with van der Waals surface area (Å²) in [5.41, 5.74) is 2.61. The van der Waals surface area contributed by atoms with Crippen LogP contribution in [0.3, 0.4) is 0 Å². The maximum absolute atomic E-state index is 4.11. The number of nitrogens with zero attached hydrogens (tertiary/aromatic N) is 1. The molecule has 3 rings (SSSR count). The van der Waals surface area contributed by atoms with Crippen LogP contribution >= 0.6 is 11.3 Å². The maximum Gasteiger partial charge on any atom is 0.0349 e. The van der Waals surface area contributed by atoms with Crippen molar-refractivity contribution in [3.05, 3.63) is 63.6 Å². The van der Waals surface area contributed by atoms with Crippen LogP contribution in [-0.4, -0.2) is 4.98 Å². The van der Waals surface area contributed by atoms with Gasteiger partial charge in [-0.25, -0.2) is 0 Å². The van der Waals surface area contributed by atoms with Gasteiger partial charge in [0.15, 0.2) is 0 Å². The first-order valence-electron chi connectivity index (χ1n) is 6.41. The lowest BCUT2D eigenvalue weighted by Crippen LogP contribution is -1.82. The molecule has 0 N–H and O–H groups in total. The summed E-state index contributed by atoms with van der Waals surface area (Å²) < 4.78 is 0. The number of pyridine rings is 1. The first kappa shape index (κ1) is 13.8. The molecule has 2 heterocycles. The predicted molar refractivity (Wildman–Crippen MR) is 85.0 cm³/mol. The molecule has 0 bridgehead atoms. The molecule has 0 spiro atoms. The van der Waals surface area contributed by atoms with E-state index in [1.165, 1.54) is 31.7 Å². The largest absolute Gasteiger partial charge is 0.264 e. The Morgan fingerprint density at radius 3 is 1.79 bits per heavy atom. The zero-order chi connectivity index (χ0) is 13.8. The van der Waals surface area contributed by atoms with E-state index in [0.717, 1.165) is 0 Å². The molecule has 0 unspecified atom stereocenters. The molecule has 0 saturated heterocycles. The first-order chi connectivity index (χ1) is 9.08. The smallest absolute Gasteiger partial charge is 0.0349 e. The van der Waals surface area contributed by atoms with Gasteiger partial charge in [-0.2, -0.15) is 0 Å². The van der Waals surface area contributed by atoms with Gasteiger partial charge in [0.1, 0.15) is 0 Å². The van der Waals surface area contributed by atoms with E-state index in [9.17, 15) is 0 Å². The van der Waals surface area contributed by atoms with Crippen molar-refractivity contribution in [1.82, 2.24) is 4.98 Å². The minimum atomic E-state index is 1.26. The lowest BCUT2D eigenvalue weighted by molar-refractivity contribution is 1.34. The monoisotopic (exact) mass is 269 g/mol. The highest BCUT2D eigenvalue weighted by Crippen LogP contribution is 2.20. The highest BCUT2D eigenvalue weighted by Gasteiger charge is 1.98. The SMILES string of the molecule is Cc1ccc(C)c2cnccc12.Cc1ccc(C)s1. The van der Waals surface area contributed by atoms with Crippen molar-refractivity contribution in [1.29, 1.82) is 0 Å². The topological polar surface area (TPSA) is 12.9 Å². The number of aryl methyl sites for hydroxylation is 4. The third-order valence-electron chi connectivity index (χ3n) is 3.13. The summed E-state index contributed by atoms with van der Waals surface area (Å²) in [6.07, 6.45) is 3.77. The highest BCUT2D eigenvalue weighted by molar-refractivity contribution is 7.11. The van der Waals surface area contributed by atoms with E-state index >= 15 is 0 Å². The van der Waals surface area contributed by atoms with E-state index in [-0.39, 0.29) is 0 Å². The predicted octanol–water partition coefficient (Wildman–Crippen LogP) is 5.22. The van der Waals surface area contributed by atoms with Gasteiger partial charge in [0, 0.05) is 27.5 Å². The lowest BCUT2D eigenvalue weighted by atomic mass is 10.0. The molecule has 1 nitrogen and oxygen atoms in total. The summed E-state index contributed by atoms with van der Waals surface area (Å²) in [5.74, 6) is 0. The number of aromatic nitrogens is 1. The third kappa shape index (κ3) is 3.42. The van der Waals surface area contributed by atoms with Gasteiger partial charge in [-0.15, -0.1) is 11.3 Å². The van der Waals surface area contributed by atoms with Crippen LogP contribution in [0.5, 0.6) is 0 Å². The summed E-state index contributed by atoms with van der Waals surface area (Å²) in [4.78, 5) is 6.92. The van der Waals surface area contributed by atoms with E-state index in [1.807, 2.05) is 23.7 Å². The number of thiophene rings is 1. The Morgan fingerprint density at radius 2 is 1.32 bits per heavy atom. The Balaban J connectivity index is 0.000000163.